The summed E-state index contributed by atoms with van der Waals surface area (Å²) in [5, 5.41) is 12.5. The molecule has 0 aliphatic carbocycles. The number of hydrogen-bond donors (Lipinski definition) is 2. The van der Waals surface area contributed by atoms with Crippen LogP contribution in [0.2, 0.25) is 0 Å². The molecule has 2 rings (SSSR count). The van der Waals surface area contributed by atoms with E-state index < -0.39 is 29.9 Å². The molecule has 0 radical (unpaired) electrons. The number of benzene rings is 1. The second kappa shape index (κ2) is 7.14. The fraction of sp³-hybridized carbons (Fsp3) is 0.375. The zero-order chi connectivity index (χ0) is 18.7. The smallest absolute Gasteiger partial charge is 0.425 e. The third kappa shape index (κ3) is 4.11. The van der Waals surface area contributed by atoms with Gasteiger partial charge in [0.2, 0.25) is 11.5 Å². The number of hydrogen-bond acceptors (Lipinski definition) is 4. The summed E-state index contributed by atoms with van der Waals surface area (Å²) < 4.78 is 46.2. The number of aromatic nitrogens is 2. The summed E-state index contributed by atoms with van der Waals surface area (Å²) in [6.45, 7) is 0.00450. The summed E-state index contributed by atoms with van der Waals surface area (Å²) in [6.07, 6.45) is -3.86. The first kappa shape index (κ1) is 18.8. The molecule has 0 spiro atoms. The molecular weight excluding hydrogens is 339 g/mol. The van der Waals surface area contributed by atoms with Crippen LogP contribution >= 0.6 is 0 Å². The fourth-order valence-corrected chi connectivity index (χ4v) is 2.35. The summed E-state index contributed by atoms with van der Waals surface area (Å²) in [5.74, 6) is -1.03. The molecule has 2 N–H and O–H groups in total. The average molecular weight is 357 g/mol. The van der Waals surface area contributed by atoms with E-state index in [0.29, 0.717) is 11.3 Å². The van der Waals surface area contributed by atoms with Crippen LogP contribution in [0, 0.1) is 0 Å². The molecule has 0 saturated carbocycles. The third-order valence-corrected chi connectivity index (χ3v) is 3.70. The number of ether oxygens (including phenoxy) is 1. The highest BCUT2D eigenvalue weighted by atomic mass is 19.4. The first-order valence-electron chi connectivity index (χ1n) is 7.34. The predicted octanol–water partition coefficient (Wildman–Crippen LogP) is 1.89. The van der Waals surface area contributed by atoms with Gasteiger partial charge in [0.15, 0.2) is 5.82 Å². The van der Waals surface area contributed by atoms with Gasteiger partial charge in [-0.1, -0.05) is 12.1 Å². The van der Waals surface area contributed by atoms with E-state index in [1.807, 2.05) is 0 Å². The van der Waals surface area contributed by atoms with Crippen LogP contribution in [0.15, 0.2) is 36.7 Å². The third-order valence-electron chi connectivity index (χ3n) is 3.70. The second-order valence-corrected chi connectivity index (χ2v) is 5.52. The lowest BCUT2D eigenvalue weighted by Crippen LogP contribution is -2.47. The van der Waals surface area contributed by atoms with Crippen LogP contribution < -0.4 is 10.1 Å². The molecule has 0 aliphatic rings. The number of alkyl halides is 3. The van der Waals surface area contributed by atoms with Gasteiger partial charge in [0, 0.05) is 26.0 Å². The quantitative estimate of drug-likeness (QED) is 0.828. The number of carbonyl (C=O) groups is 1. The molecule has 1 aromatic heterocycles. The van der Waals surface area contributed by atoms with Crippen molar-refractivity contribution < 1.29 is 27.8 Å². The number of nitrogens with zero attached hydrogens (tertiary/aromatic N) is 2. The van der Waals surface area contributed by atoms with Gasteiger partial charge in [-0.25, -0.2) is 4.98 Å². The van der Waals surface area contributed by atoms with Crippen molar-refractivity contribution in [1.29, 1.82) is 0 Å². The molecule has 1 amide bonds. The molecule has 6 nitrogen and oxygen atoms in total. The lowest BCUT2D eigenvalue weighted by atomic mass is 9.97. The number of methoxy groups -OCH3 is 1. The number of carbonyl (C=O) groups excluding carboxylic acids is 1. The zero-order valence-corrected chi connectivity index (χ0v) is 13.7. The van der Waals surface area contributed by atoms with E-state index in [4.69, 9.17) is 4.74 Å². The lowest BCUT2D eigenvalue weighted by molar-refractivity contribution is -0.271. The average Bonchev–Trinajstić information content (AvgIpc) is 2.98. The molecule has 9 heteroatoms. The van der Waals surface area contributed by atoms with Gasteiger partial charge in [0.25, 0.3) is 0 Å². The number of rotatable bonds is 6. The number of halogens is 3. The van der Waals surface area contributed by atoms with Crippen LogP contribution in [-0.2, 0) is 24.0 Å². The molecule has 1 heterocycles. The molecule has 136 valence electrons. The SMILES string of the molecule is COc1cccc(CNC(=O)C[C@@](O)(c2nccn2C)C(F)(F)F)c1. The Labute approximate surface area is 142 Å². The Hall–Kier alpha value is -2.55. The first-order chi connectivity index (χ1) is 11.7. The zero-order valence-electron chi connectivity index (χ0n) is 13.7. The van der Waals surface area contributed by atoms with Crippen LogP contribution in [0.1, 0.15) is 17.8 Å². The number of aryl methyl sites for hydroxylation is 1. The van der Waals surface area contributed by atoms with E-state index in [-0.39, 0.29) is 6.54 Å². The topological polar surface area (TPSA) is 76.4 Å². The molecule has 2 aromatic rings. The minimum absolute atomic E-state index is 0.00450. The van der Waals surface area contributed by atoms with Crippen molar-refractivity contribution in [3.63, 3.8) is 0 Å². The van der Waals surface area contributed by atoms with Gasteiger partial charge in [-0.2, -0.15) is 13.2 Å². The Balaban J connectivity index is 2.11. The van der Waals surface area contributed by atoms with Crippen molar-refractivity contribution in [2.75, 3.05) is 7.11 Å². The van der Waals surface area contributed by atoms with Crippen molar-refractivity contribution in [1.82, 2.24) is 14.9 Å². The monoisotopic (exact) mass is 357 g/mol. The van der Waals surface area contributed by atoms with Gasteiger partial charge in [0.05, 0.1) is 13.5 Å². The van der Waals surface area contributed by atoms with E-state index in [0.717, 1.165) is 10.8 Å². The largest absolute Gasteiger partial charge is 0.497 e. The van der Waals surface area contributed by atoms with Crippen molar-refractivity contribution in [2.24, 2.45) is 7.05 Å². The summed E-state index contributed by atoms with van der Waals surface area (Å²) in [4.78, 5) is 15.5. The Morgan fingerprint density at radius 2 is 2.12 bits per heavy atom. The van der Waals surface area contributed by atoms with Crippen LogP contribution in [0.3, 0.4) is 0 Å². The minimum Gasteiger partial charge on any atom is -0.497 e. The van der Waals surface area contributed by atoms with Crippen molar-refractivity contribution in [3.8, 4) is 5.75 Å². The van der Waals surface area contributed by atoms with E-state index in [1.165, 1.54) is 20.4 Å². The molecule has 1 aromatic carbocycles. The second-order valence-electron chi connectivity index (χ2n) is 5.52. The van der Waals surface area contributed by atoms with Crippen molar-refractivity contribution in [3.05, 3.63) is 48.0 Å². The molecule has 25 heavy (non-hydrogen) atoms. The molecule has 0 unspecified atom stereocenters. The Morgan fingerprint density at radius 1 is 1.40 bits per heavy atom. The maximum Gasteiger partial charge on any atom is 0.425 e. The van der Waals surface area contributed by atoms with Gasteiger partial charge in [0.1, 0.15) is 5.75 Å². The van der Waals surface area contributed by atoms with Crippen LogP contribution in [0.4, 0.5) is 13.2 Å². The summed E-state index contributed by atoms with van der Waals surface area (Å²) >= 11 is 0. The highest BCUT2D eigenvalue weighted by Crippen LogP contribution is 2.40. The van der Waals surface area contributed by atoms with Crippen molar-refractivity contribution in [2.45, 2.75) is 24.7 Å². The predicted molar refractivity (Wildman–Crippen MR) is 82.6 cm³/mol. The Kier molecular flexibility index (Phi) is 5.36. The lowest BCUT2D eigenvalue weighted by Gasteiger charge is -2.29. The number of nitrogens with one attached hydrogen (secondary N) is 1. The maximum absolute atomic E-state index is 13.4. The standard InChI is InChI=1S/C16H18F3N3O3/c1-22-7-6-20-14(22)15(24,16(17,18)19)9-13(23)21-10-11-4-3-5-12(8-11)25-2/h3-8,24H,9-10H2,1-2H3,(H,21,23)/t15-/m1/s1. The molecule has 0 bridgehead atoms. The number of amides is 1. The van der Waals surface area contributed by atoms with Crippen LogP contribution in [-0.4, -0.2) is 33.9 Å². The Morgan fingerprint density at radius 3 is 2.68 bits per heavy atom. The molecular formula is C16H18F3N3O3. The van der Waals surface area contributed by atoms with Crippen molar-refractivity contribution >= 4 is 5.91 Å². The summed E-state index contributed by atoms with van der Waals surface area (Å²) in [5.41, 5.74) is -2.72. The van der Waals surface area contributed by atoms with Gasteiger partial charge in [-0.3, -0.25) is 4.79 Å². The minimum atomic E-state index is -5.06. The summed E-state index contributed by atoms with van der Waals surface area (Å²) in [6, 6.07) is 6.74. The van der Waals surface area contributed by atoms with Crippen LogP contribution in [0.5, 0.6) is 5.75 Å². The Bertz CT molecular complexity index is 745. The van der Waals surface area contributed by atoms with E-state index >= 15 is 0 Å². The first-order valence-corrected chi connectivity index (χ1v) is 7.34. The molecule has 0 aliphatic heterocycles. The van der Waals surface area contributed by atoms with Crippen LogP contribution in [0.25, 0.3) is 0 Å². The number of imidazole rings is 1. The van der Waals surface area contributed by atoms with E-state index in [9.17, 15) is 23.1 Å². The fourth-order valence-electron chi connectivity index (χ4n) is 2.35. The highest BCUT2D eigenvalue weighted by molar-refractivity contribution is 5.77. The van der Waals surface area contributed by atoms with E-state index in [2.05, 4.69) is 10.3 Å². The number of aliphatic hydroxyl groups is 1. The van der Waals surface area contributed by atoms with Gasteiger partial charge < -0.3 is 19.7 Å². The molecule has 1 atom stereocenters. The molecule has 0 fully saturated rings. The van der Waals surface area contributed by atoms with Gasteiger partial charge in [-0.15, -0.1) is 0 Å². The van der Waals surface area contributed by atoms with E-state index in [1.54, 1.807) is 24.3 Å². The van der Waals surface area contributed by atoms with Gasteiger partial charge in [-0.05, 0) is 17.7 Å². The molecule has 0 saturated heterocycles. The normalized spacial score (nSPS) is 14.0. The van der Waals surface area contributed by atoms with Gasteiger partial charge >= 0.3 is 6.18 Å². The maximum atomic E-state index is 13.4. The highest BCUT2D eigenvalue weighted by Gasteiger charge is 2.58. The summed E-state index contributed by atoms with van der Waals surface area (Å²) in [7, 11) is 2.79.